The number of hydrogen-bond acceptors (Lipinski definition) is 4. The highest BCUT2D eigenvalue weighted by atomic mass is 127. The summed E-state index contributed by atoms with van der Waals surface area (Å²) in [6.07, 6.45) is 0. The number of thiazole rings is 1. The summed E-state index contributed by atoms with van der Waals surface area (Å²) in [4.78, 5) is 8.95. The van der Waals surface area contributed by atoms with E-state index >= 15 is 0 Å². The van der Waals surface area contributed by atoms with Gasteiger partial charge in [-0.25, -0.2) is 9.98 Å². The molecule has 0 aliphatic rings. The summed E-state index contributed by atoms with van der Waals surface area (Å²) in [5.74, 6) is 1.17. The molecule has 0 saturated heterocycles. The Morgan fingerprint density at radius 2 is 2.21 bits per heavy atom. The molecular weight excluding hydrogens is 375 g/mol. The number of nitrogens with zero attached hydrogens (tertiary/aromatic N) is 2. The fraction of sp³-hybridized carbons (Fsp3) is 0.667. The molecule has 5 nitrogen and oxygen atoms in total. The first-order chi connectivity index (χ1) is 8.67. The molecule has 19 heavy (non-hydrogen) atoms. The maximum atomic E-state index is 8.78. The number of aliphatic hydroxyl groups is 1. The molecule has 7 heteroatoms. The van der Waals surface area contributed by atoms with Crippen LogP contribution in [0.5, 0.6) is 0 Å². The Balaban J connectivity index is 0.00000324. The first kappa shape index (κ1) is 18.6. The molecule has 0 amide bonds. The third-order valence-electron chi connectivity index (χ3n) is 2.28. The highest BCUT2D eigenvalue weighted by Crippen LogP contribution is 2.18. The molecule has 0 fully saturated rings. The number of aliphatic imine (C=N–C) groups is 1. The summed E-state index contributed by atoms with van der Waals surface area (Å²) in [6, 6.07) is 0. The summed E-state index contributed by atoms with van der Waals surface area (Å²) in [7, 11) is 0. The van der Waals surface area contributed by atoms with Crippen LogP contribution in [0.4, 0.5) is 0 Å². The van der Waals surface area contributed by atoms with Gasteiger partial charge in [0.2, 0.25) is 0 Å². The molecule has 0 aromatic carbocycles. The highest BCUT2D eigenvalue weighted by molar-refractivity contribution is 14.0. The molecule has 1 aromatic rings. The van der Waals surface area contributed by atoms with Crippen LogP contribution >= 0.6 is 35.3 Å². The maximum Gasteiger partial charge on any atom is 0.191 e. The lowest BCUT2D eigenvalue weighted by atomic mass is 10.2. The lowest BCUT2D eigenvalue weighted by molar-refractivity contribution is 0.300. The SMILES string of the molecule is CCNC(=NCc1nc(C(C)C)cs1)NCCO.I. The zero-order valence-corrected chi connectivity index (χ0v) is 14.8. The van der Waals surface area contributed by atoms with Gasteiger partial charge in [0, 0.05) is 18.5 Å². The Labute approximate surface area is 136 Å². The standard InChI is InChI=1S/C12H22N4OS.HI/c1-4-13-12(14-5-6-17)15-7-11-16-10(8-18-11)9(2)3;/h8-9,17H,4-7H2,1-3H3,(H2,13,14,15);1H. The van der Waals surface area contributed by atoms with Gasteiger partial charge >= 0.3 is 0 Å². The van der Waals surface area contributed by atoms with Gasteiger partial charge in [0.1, 0.15) is 5.01 Å². The predicted molar refractivity (Wildman–Crippen MR) is 91.5 cm³/mol. The molecule has 0 aliphatic heterocycles. The quantitative estimate of drug-likeness (QED) is 0.389. The molecule has 0 atom stereocenters. The summed E-state index contributed by atoms with van der Waals surface area (Å²) < 4.78 is 0. The second-order valence-corrected chi connectivity index (χ2v) is 5.11. The van der Waals surface area contributed by atoms with Crippen LogP contribution < -0.4 is 10.6 Å². The Morgan fingerprint density at radius 3 is 2.74 bits per heavy atom. The Morgan fingerprint density at radius 1 is 1.47 bits per heavy atom. The van der Waals surface area contributed by atoms with E-state index < -0.39 is 0 Å². The first-order valence-electron chi connectivity index (χ1n) is 6.24. The second-order valence-electron chi connectivity index (χ2n) is 4.17. The van der Waals surface area contributed by atoms with Gasteiger partial charge in [0.15, 0.2) is 5.96 Å². The number of nitrogens with one attached hydrogen (secondary N) is 2. The van der Waals surface area contributed by atoms with Crippen molar-refractivity contribution < 1.29 is 5.11 Å². The van der Waals surface area contributed by atoms with Crippen LogP contribution in [0.25, 0.3) is 0 Å². The monoisotopic (exact) mass is 398 g/mol. The van der Waals surface area contributed by atoms with Crippen LogP contribution in [0.3, 0.4) is 0 Å². The maximum absolute atomic E-state index is 8.78. The number of hydrogen-bond donors (Lipinski definition) is 3. The van der Waals surface area contributed by atoms with Crippen LogP contribution in [0.15, 0.2) is 10.4 Å². The van der Waals surface area contributed by atoms with Crippen molar-refractivity contribution in [2.45, 2.75) is 33.2 Å². The Hall–Kier alpha value is -0.410. The van der Waals surface area contributed by atoms with Gasteiger partial charge < -0.3 is 15.7 Å². The minimum absolute atomic E-state index is 0. The molecule has 1 aromatic heterocycles. The Kier molecular flexibility index (Phi) is 10.2. The van der Waals surface area contributed by atoms with Crippen molar-refractivity contribution >= 4 is 41.3 Å². The van der Waals surface area contributed by atoms with Crippen LogP contribution in [0, 0.1) is 0 Å². The fourth-order valence-corrected chi connectivity index (χ4v) is 2.20. The van der Waals surface area contributed by atoms with Gasteiger partial charge in [0.05, 0.1) is 18.8 Å². The molecule has 1 rings (SSSR count). The van der Waals surface area contributed by atoms with Crippen LogP contribution in [0.2, 0.25) is 0 Å². The zero-order valence-electron chi connectivity index (χ0n) is 11.6. The lowest BCUT2D eigenvalue weighted by Crippen LogP contribution is -2.38. The number of halogens is 1. The molecular formula is C12H23IN4OS. The van der Waals surface area contributed by atoms with Crippen molar-refractivity contribution in [2.75, 3.05) is 19.7 Å². The van der Waals surface area contributed by atoms with E-state index in [4.69, 9.17) is 5.11 Å². The van der Waals surface area contributed by atoms with E-state index in [1.807, 2.05) is 6.92 Å². The van der Waals surface area contributed by atoms with Gasteiger partial charge in [0.25, 0.3) is 0 Å². The zero-order chi connectivity index (χ0) is 13.4. The molecule has 0 aliphatic carbocycles. The highest BCUT2D eigenvalue weighted by Gasteiger charge is 2.05. The summed E-state index contributed by atoms with van der Waals surface area (Å²) in [5.41, 5.74) is 1.12. The smallest absolute Gasteiger partial charge is 0.191 e. The van der Waals surface area contributed by atoms with E-state index in [2.05, 4.69) is 39.8 Å². The summed E-state index contributed by atoms with van der Waals surface area (Å²) in [5, 5.41) is 18.0. The number of aromatic nitrogens is 1. The minimum Gasteiger partial charge on any atom is -0.395 e. The van der Waals surface area contributed by atoms with Crippen LogP contribution in [-0.4, -0.2) is 35.7 Å². The average Bonchev–Trinajstić information content (AvgIpc) is 2.81. The normalized spacial score (nSPS) is 11.3. The van der Waals surface area contributed by atoms with Crippen molar-refractivity contribution in [2.24, 2.45) is 4.99 Å². The van der Waals surface area contributed by atoms with Gasteiger partial charge in [-0.15, -0.1) is 35.3 Å². The van der Waals surface area contributed by atoms with E-state index in [1.54, 1.807) is 11.3 Å². The minimum atomic E-state index is 0. The third kappa shape index (κ3) is 7.07. The molecule has 0 saturated carbocycles. The van der Waals surface area contributed by atoms with E-state index in [9.17, 15) is 0 Å². The van der Waals surface area contributed by atoms with Gasteiger partial charge in [-0.1, -0.05) is 13.8 Å². The molecule has 110 valence electrons. The molecule has 0 radical (unpaired) electrons. The summed E-state index contributed by atoms with van der Waals surface area (Å²) in [6.45, 7) is 8.24. The van der Waals surface area contributed by atoms with Crippen molar-refractivity contribution in [3.8, 4) is 0 Å². The van der Waals surface area contributed by atoms with Crippen molar-refractivity contribution in [3.63, 3.8) is 0 Å². The van der Waals surface area contributed by atoms with E-state index in [0.29, 0.717) is 25.0 Å². The van der Waals surface area contributed by atoms with E-state index in [-0.39, 0.29) is 30.6 Å². The lowest BCUT2D eigenvalue weighted by Gasteiger charge is -2.09. The topological polar surface area (TPSA) is 69.5 Å². The van der Waals surface area contributed by atoms with Crippen molar-refractivity contribution in [1.82, 2.24) is 15.6 Å². The van der Waals surface area contributed by atoms with Crippen LogP contribution in [-0.2, 0) is 6.54 Å². The number of aliphatic hydroxyl groups excluding tert-OH is 1. The number of guanidine groups is 1. The molecule has 1 heterocycles. The van der Waals surface area contributed by atoms with Gasteiger partial charge in [-0.05, 0) is 12.8 Å². The molecule has 0 spiro atoms. The molecule has 0 bridgehead atoms. The van der Waals surface area contributed by atoms with E-state index in [1.165, 1.54) is 0 Å². The largest absolute Gasteiger partial charge is 0.395 e. The average molecular weight is 398 g/mol. The molecule has 3 N–H and O–H groups in total. The summed E-state index contributed by atoms with van der Waals surface area (Å²) >= 11 is 1.64. The van der Waals surface area contributed by atoms with Gasteiger partial charge in [-0.2, -0.15) is 0 Å². The van der Waals surface area contributed by atoms with Crippen LogP contribution in [0.1, 0.15) is 37.4 Å². The predicted octanol–water partition coefficient (Wildman–Crippen LogP) is 1.93. The van der Waals surface area contributed by atoms with Crippen molar-refractivity contribution in [3.05, 3.63) is 16.1 Å². The fourth-order valence-electron chi connectivity index (χ4n) is 1.33. The third-order valence-corrected chi connectivity index (χ3v) is 3.13. The van der Waals surface area contributed by atoms with Crippen molar-refractivity contribution in [1.29, 1.82) is 0 Å². The van der Waals surface area contributed by atoms with Gasteiger partial charge in [-0.3, -0.25) is 0 Å². The Bertz CT molecular complexity index is 382. The number of rotatable bonds is 6. The molecule has 0 unspecified atom stereocenters. The second kappa shape index (κ2) is 10.4. The first-order valence-corrected chi connectivity index (χ1v) is 7.12. The van der Waals surface area contributed by atoms with E-state index in [0.717, 1.165) is 17.2 Å².